The highest BCUT2D eigenvalue weighted by molar-refractivity contribution is 6.04. The normalized spacial score (nSPS) is 15.1. The predicted molar refractivity (Wildman–Crippen MR) is 113 cm³/mol. The Morgan fingerprint density at radius 2 is 1.83 bits per heavy atom. The highest BCUT2D eigenvalue weighted by Gasteiger charge is 2.35. The molecule has 0 aliphatic heterocycles. The first kappa shape index (κ1) is 23.2. The molecule has 0 radical (unpaired) electrons. The Morgan fingerprint density at radius 3 is 2.34 bits per heavy atom. The Morgan fingerprint density at radius 1 is 1.21 bits per heavy atom. The quantitative estimate of drug-likeness (QED) is 0.487. The lowest BCUT2D eigenvalue weighted by atomic mass is 9.84. The number of esters is 1. The number of hydrogen-bond donors (Lipinski definition) is 1. The molecule has 0 unspecified atom stereocenters. The lowest BCUT2D eigenvalue weighted by Gasteiger charge is -2.26. The Hall–Kier alpha value is -2.11. The van der Waals surface area contributed by atoms with Crippen LogP contribution in [0.15, 0.2) is 0 Å². The van der Waals surface area contributed by atoms with Crippen molar-refractivity contribution in [3.8, 4) is 0 Å². The highest BCUT2D eigenvalue weighted by atomic mass is 16.5. The minimum absolute atomic E-state index is 0.0501. The largest absolute Gasteiger partial charge is 0.461 e. The first-order valence-electron chi connectivity index (χ1n) is 10.6. The van der Waals surface area contributed by atoms with Crippen LogP contribution in [0.1, 0.15) is 92.4 Å². The van der Waals surface area contributed by atoms with Crippen molar-refractivity contribution in [2.45, 2.75) is 80.2 Å². The van der Waals surface area contributed by atoms with Crippen LogP contribution in [-0.4, -0.2) is 46.7 Å². The van der Waals surface area contributed by atoms with Gasteiger partial charge in [0, 0.05) is 23.7 Å². The maximum Gasteiger partial charge on any atom is 0.355 e. The van der Waals surface area contributed by atoms with Crippen molar-refractivity contribution in [2.24, 2.45) is 11.3 Å². The number of Topliss-reactive ketones (excluding diaryl/α,β-unsaturated/α-hetero) is 1. The Bertz CT molecular complexity index is 769. The van der Waals surface area contributed by atoms with Crippen molar-refractivity contribution in [1.82, 2.24) is 9.88 Å². The summed E-state index contributed by atoms with van der Waals surface area (Å²) in [6, 6.07) is 0.164. The van der Waals surface area contributed by atoms with Crippen molar-refractivity contribution < 1.29 is 19.1 Å². The molecular formula is C23H36N2O4. The van der Waals surface area contributed by atoms with E-state index in [4.69, 9.17) is 4.74 Å². The molecule has 6 nitrogen and oxygen atoms in total. The van der Waals surface area contributed by atoms with E-state index in [0.29, 0.717) is 28.9 Å². The lowest BCUT2D eigenvalue weighted by Crippen LogP contribution is -2.38. The number of H-pyrrole nitrogens is 1. The molecule has 1 N–H and O–H groups in total. The van der Waals surface area contributed by atoms with E-state index in [9.17, 15) is 14.4 Å². The second-order valence-electron chi connectivity index (χ2n) is 9.60. The summed E-state index contributed by atoms with van der Waals surface area (Å²) < 4.78 is 5.06. The summed E-state index contributed by atoms with van der Waals surface area (Å²) in [7, 11) is 0. The van der Waals surface area contributed by atoms with Gasteiger partial charge in [-0.2, -0.15) is 0 Å². The Balaban J connectivity index is 2.12. The number of carbonyl (C=O) groups excluding carboxylic acids is 3. The lowest BCUT2D eigenvalue weighted by molar-refractivity contribution is -0.132. The fraction of sp³-hybridized carbons (Fsp3) is 0.696. The Labute approximate surface area is 174 Å². The minimum Gasteiger partial charge on any atom is -0.461 e. The van der Waals surface area contributed by atoms with Crippen LogP contribution in [0.2, 0.25) is 0 Å². The van der Waals surface area contributed by atoms with Crippen LogP contribution in [0.5, 0.6) is 0 Å². The molecule has 1 saturated carbocycles. The molecule has 1 aliphatic rings. The van der Waals surface area contributed by atoms with E-state index >= 15 is 0 Å². The SMILES string of the molecule is CCOC(=O)c1[nH]c(C)c(C(=O)CN(C(=O)C[C@H](C)CC(C)(C)C)C2CC2)c1C. The highest BCUT2D eigenvalue weighted by Crippen LogP contribution is 2.31. The van der Waals surface area contributed by atoms with E-state index in [1.165, 1.54) is 0 Å². The fourth-order valence-electron chi connectivity index (χ4n) is 4.15. The molecular weight excluding hydrogens is 368 g/mol. The van der Waals surface area contributed by atoms with Crippen LogP contribution in [0.3, 0.4) is 0 Å². The van der Waals surface area contributed by atoms with Crippen molar-refractivity contribution in [1.29, 1.82) is 0 Å². The van der Waals surface area contributed by atoms with Gasteiger partial charge in [-0.15, -0.1) is 0 Å². The zero-order valence-corrected chi connectivity index (χ0v) is 19.0. The average Bonchev–Trinajstić information content (AvgIpc) is 3.35. The standard InChI is InChI=1S/C23H36N2O4/c1-8-29-22(28)21-15(3)20(16(4)24-21)18(26)13-25(17-9-10-17)19(27)11-14(2)12-23(5,6)7/h14,17,24H,8-13H2,1-7H3/t14-/m0/s1. The molecule has 6 heteroatoms. The summed E-state index contributed by atoms with van der Waals surface area (Å²) >= 11 is 0. The van der Waals surface area contributed by atoms with Crippen LogP contribution in [0.25, 0.3) is 0 Å². The van der Waals surface area contributed by atoms with E-state index in [1.54, 1.807) is 25.7 Å². The van der Waals surface area contributed by atoms with Crippen molar-refractivity contribution in [3.63, 3.8) is 0 Å². The smallest absolute Gasteiger partial charge is 0.355 e. The van der Waals surface area contributed by atoms with Gasteiger partial charge in [0.15, 0.2) is 5.78 Å². The molecule has 0 bridgehead atoms. The molecule has 1 heterocycles. The van der Waals surface area contributed by atoms with E-state index < -0.39 is 5.97 Å². The maximum absolute atomic E-state index is 13.1. The van der Waals surface area contributed by atoms with Gasteiger partial charge >= 0.3 is 5.97 Å². The molecule has 1 aromatic rings. The van der Waals surface area contributed by atoms with Gasteiger partial charge in [-0.25, -0.2) is 4.79 Å². The molecule has 1 atom stereocenters. The average molecular weight is 405 g/mol. The number of amides is 1. The van der Waals surface area contributed by atoms with Gasteiger partial charge in [0.2, 0.25) is 5.91 Å². The maximum atomic E-state index is 13.1. The second kappa shape index (κ2) is 9.14. The molecule has 1 amide bonds. The number of ketones is 1. The summed E-state index contributed by atoms with van der Waals surface area (Å²) in [6.45, 7) is 14.2. The number of aryl methyl sites for hydroxylation is 1. The molecule has 29 heavy (non-hydrogen) atoms. The van der Waals surface area contributed by atoms with Gasteiger partial charge in [0.25, 0.3) is 0 Å². The molecule has 1 aromatic heterocycles. The van der Waals surface area contributed by atoms with Crippen LogP contribution in [0.4, 0.5) is 0 Å². The zero-order chi connectivity index (χ0) is 21.9. The van der Waals surface area contributed by atoms with Gasteiger partial charge in [0.1, 0.15) is 5.69 Å². The van der Waals surface area contributed by atoms with Gasteiger partial charge in [-0.05, 0) is 56.9 Å². The third-order valence-electron chi connectivity index (χ3n) is 5.30. The second-order valence-corrected chi connectivity index (χ2v) is 9.60. The predicted octanol–water partition coefficient (Wildman–Crippen LogP) is 4.44. The van der Waals surface area contributed by atoms with Gasteiger partial charge in [-0.1, -0.05) is 27.7 Å². The molecule has 1 fully saturated rings. The third kappa shape index (κ3) is 6.18. The van der Waals surface area contributed by atoms with Crippen molar-refractivity contribution in [2.75, 3.05) is 13.2 Å². The monoisotopic (exact) mass is 404 g/mol. The van der Waals surface area contributed by atoms with Crippen molar-refractivity contribution >= 4 is 17.7 Å². The van der Waals surface area contributed by atoms with Gasteiger partial charge in [-0.3, -0.25) is 9.59 Å². The summed E-state index contributed by atoms with van der Waals surface area (Å²) in [6.07, 6.45) is 3.32. The van der Waals surface area contributed by atoms with Gasteiger partial charge < -0.3 is 14.6 Å². The third-order valence-corrected chi connectivity index (χ3v) is 5.30. The number of rotatable bonds is 9. The first-order chi connectivity index (χ1) is 13.4. The van der Waals surface area contributed by atoms with E-state index in [2.05, 4.69) is 32.7 Å². The number of hydrogen-bond acceptors (Lipinski definition) is 4. The molecule has 162 valence electrons. The first-order valence-corrected chi connectivity index (χ1v) is 10.6. The number of carbonyl (C=O) groups is 3. The zero-order valence-electron chi connectivity index (χ0n) is 19.0. The van der Waals surface area contributed by atoms with Crippen LogP contribution in [-0.2, 0) is 9.53 Å². The number of ether oxygens (including phenoxy) is 1. The Kier molecular flexibility index (Phi) is 7.30. The summed E-state index contributed by atoms with van der Waals surface area (Å²) in [5, 5.41) is 0. The van der Waals surface area contributed by atoms with Crippen LogP contribution in [0, 0.1) is 25.2 Å². The molecule has 2 rings (SSSR count). The number of aromatic amines is 1. The van der Waals surface area contributed by atoms with Crippen molar-refractivity contribution in [3.05, 3.63) is 22.5 Å². The topological polar surface area (TPSA) is 79.5 Å². The summed E-state index contributed by atoms with van der Waals surface area (Å²) in [5.41, 5.74) is 2.21. The minimum atomic E-state index is -0.460. The molecule has 0 spiro atoms. The van der Waals surface area contributed by atoms with Crippen LogP contribution < -0.4 is 0 Å². The van der Waals surface area contributed by atoms with Crippen LogP contribution >= 0.6 is 0 Å². The molecule has 0 aromatic carbocycles. The number of nitrogens with one attached hydrogen (secondary N) is 1. The van der Waals surface area contributed by atoms with Gasteiger partial charge in [0.05, 0.1) is 13.2 Å². The number of aromatic nitrogens is 1. The number of nitrogens with zero attached hydrogens (tertiary/aromatic N) is 1. The summed E-state index contributed by atoms with van der Waals surface area (Å²) in [5.74, 6) is -0.270. The summed E-state index contributed by atoms with van der Waals surface area (Å²) in [4.78, 5) is 42.9. The van der Waals surface area contributed by atoms with E-state index in [1.807, 2.05) is 0 Å². The molecule has 0 saturated heterocycles. The molecule has 1 aliphatic carbocycles. The van der Waals surface area contributed by atoms with E-state index in [-0.39, 0.29) is 42.2 Å². The fourth-order valence-corrected chi connectivity index (χ4v) is 4.15. The van der Waals surface area contributed by atoms with E-state index in [0.717, 1.165) is 19.3 Å².